The van der Waals surface area contributed by atoms with Crippen LogP contribution in [0.25, 0.3) is 0 Å². The number of rotatable bonds is 21. The Bertz CT molecular complexity index is 844. The molecule has 0 saturated carbocycles. The van der Waals surface area contributed by atoms with E-state index in [1.165, 1.54) is 119 Å². The van der Waals surface area contributed by atoms with Crippen LogP contribution in [0, 0.1) is 0 Å². The molecule has 206 valence electrons. The molecule has 0 saturated heterocycles. The van der Waals surface area contributed by atoms with E-state index in [1.807, 2.05) is 0 Å². The van der Waals surface area contributed by atoms with Gasteiger partial charge in [0.15, 0.2) is 0 Å². The Morgan fingerprint density at radius 2 is 0.684 bits per heavy atom. The zero-order valence-corrected chi connectivity index (χ0v) is 25.3. The number of unbranched alkanes of at least 4 members (excludes halogenated alkanes) is 14. The molecule has 0 bridgehead atoms. The molecule has 0 heterocycles. The number of hydrogen-bond donors (Lipinski definition) is 0. The summed E-state index contributed by atoms with van der Waals surface area (Å²) in [5.74, 6) is 0. The quantitative estimate of drug-likeness (QED) is 0.0705. The first-order valence-corrected chi connectivity index (χ1v) is 17.6. The minimum absolute atomic E-state index is 0.0890. The summed E-state index contributed by atoms with van der Waals surface area (Å²) in [7, 11) is 0.622. The van der Waals surface area contributed by atoms with Gasteiger partial charge in [-0.1, -0.05) is 181 Å². The highest BCUT2D eigenvalue weighted by Crippen LogP contribution is 2.43. The van der Waals surface area contributed by atoms with Gasteiger partial charge in [-0.05, 0) is 43.6 Å². The summed E-state index contributed by atoms with van der Waals surface area (Å²) in [6, 6.07) is 33.5. The summed E-state index contributed by atoms with van der Waals surface area (Å²) in [5, 5.41) is 0. The van der Waals surface area contributed by atoms with Crippen LogP contribution in [0.3, 0.4) is 0 Å². The summed E-state index contributed by atoms with van der Waals surface area (Å²) in [6.07, 6.45) is 23.2. The summed E-state index contributed by atoms with van der Waals surface area (Å²) in [5.41, 5.74) is 4.13. The first-order valence-electron chi connectivity index (χ1n) is 15.4. The summed E-state index contributed by atoms with van der Waals surface area (Å²) in [4.78, 5) is 0. The molecule has 0 fully saturated rings. The molecule has 3 rings (SSSR count). The lowest BCUT2D eigenvalue weighted by atomic mass is 9.66. The van der Waals surface area contributed by atoms with Crippen molar-refractivity contribution in [2.45, 2.75) is 108 Å². The van der Waals surface area contributed by atoms with Gasteiger partial charge in [-0.3, -0.25) is 0 Å². The molecular formula is C36H50ClP. The van der Waals surface area contributed by atoms with Crippen molar-refractivity contribution in [2.24, 2.45) is 0 Å². The average molecular weight is 549 g/mol. The first kappa shape index (κ1) is 30.9. The summed E-state index contributed by atoms with van der Waals surface area (Å²) in [6.45, 7) is 0. The molecule has 0 nitrogen and oxygen atoms in total. The van der Waals surface area contributed by atoms with E-state index in [-0.39, 0.29) is 5.41 Å². The molecule has 0 aliphatic carbocycles. The minimum Gasteiger partial charge on any atom is -0.100 e. The maximum absolute atomic E-state index is 5.77. The van der Waals surface area contributed by atoms with Gasteiger partial charge >= 0.3 is 0 Å². The van der Waals surface area contributed by atoms with Gasteiger partial charge in [0.1, 0.15) is 0 Å². The Morgan fingerprint density at radius 3 is 1.00 bits per heavy atom. The van der Waals surface area contributed by atoms with Gasteiger partial charge in [0.2, 0.25) is 0 Å². The van der Waals surface area contributed by atoms with E-state index in [0.717, 1.165) is 6.42 Å². The Labute approximate surface area is 240 Å². The Morgan fingerprint density at radius 1 is 0.395 bits per heavy atom. The molecule has 0 aliphatic heterocycles. The van der Waals surface area contributed by atoms with Crippen molar-refractivity contribution in [1.29, 1.82) is 0 Å². The van der Waals surface area contributed by atoms with E-state index >= 15 is 0 Å². The van der Waals surface area contributed by atoms with E-state index in [0.29, 0.717) is 7.93 Å². The molecule has 0 aliphatic rings. The van der Waals surface area contributed by atoms with E-state index in [9.17, 15) is 0 Å². The number of benzene rings is 3. The molecule has 0 spiro atoms. The second-order valence-electron chi connectivity index (χ2n) is 10.9. The topological polar surface area (TPSA) is 0 Å². The molecule has 3 aromatic rings. The fourth-order valence-electron chi connectivity index (χ4n) is 5.98. The summed E-state index contributed by atoms with van der Waals surface area (Å²) < 4.78 is 0. The fraction of sp³-hybridized carbons (Fsp3) is 0.500. The van der Waals surface area contributed by atoms with E-state index < -0.39 is 0 Å². The lowest BCUT2D eigenvalue weighted by molar-refractivity contribution is 0.491. The zero-order chi connectivity index (χ0) is 26.6. The number of hydrogen-bond acceptors (Lipinski definition) is 0. The van der Waals surface area contributed by atoms with Crippen molar-refractivity contribution < 1.29 is 0 Å². The van der Waals surface area contributed by atoms with Crippen LogP contribution in [0.1, 0.15) is 119 Å². The molecule has 1 unspecified atom stereocenters. The minimum atomic E-state index is -0.0890. The van der Waals surface area contributed by atoms with E-state index in [4.69, 9.17) is 11.2 Å². The van der Waals surface area contributed by atoms with E-state index in [1.54, 1.807) is 0 Å². The predicted molar refractivity (Wildman–Crippen MR) is 172 cm³/mol. The zero-order valence-electron chi connectivity index (χ0n) is 23.6. The molecule has 1 atom stereocenters. The highest BCUT2D eigenvalue weighted by molar-refractivity contribution is 7.68. The normalized spacial score (nSPS) is 11.9. The van der Waals surface area contributed by atoms with Crippen molar-refractivity contribution in [3.8, 4) is 0 Å². The van der Waals surface area contributed by atoms with Crippen LogP contribution >= 0.6 is 19.2 Å². The van der Waals surface area contributed by atoms with Crippen molar-refractivity contribution in [1.82, 2.24) is 0 Å². The van der Waals surface area contributed by atoms with Crippen molar-refractivity contribution in [3.05, 3.63) is 108 Å². The lowest BCUT2D eigenvalue weighted by Gasteiger charge is -2.36. The predicted octanol–water partition coefficient (Wildman–Crippen LogP) is 12.1. The average Bonchev–Trinajstić information content (AvgIpc) is 2.98. The highest BCUT2D eigenvalue weighted by atomic mass is 35.7. The fourth-order valence-corrected chi connectivity index (χ4v) is 6.77. The Kier molecular flexibility index (Phi) is 15.8. The smallest absolute Gasteiger partial charge is 0.0451 e. The molecule has 0 amide bonds. The van der Waals surface area contributed by atoms with Crippen LogP contribution in [0.5, 0.6) is 0 Å². The third-order valence-electron chi connectivity index (χ3n) is 8.12. The summed E-state index contributed by atoms with van der Waals surface area (Å²) >= 11 is 5.77. The van der Waals surface area contributed by atoms with Crippen LogP contribution in [0.2, 0.25) is 0 Å². The van der Waals surface area contributed by atoms with Gasteiger partial charge in [0.05, 0.1) is 0 Å². The van der Waals surface area contributed by atoms with Gasteiger partial charge in [0, 0.05) is 5.41 Å². The first-order chi connectivity index (χ1) is 18.9. The van der Waals surface area contributed by atoms with Gasteiger partial charge in [-0.2, -0.15) is 0 Å². The molecule has 0 radical (unpaired) electrons. The SMILES string of the molecule is ClPCCCCCCCCCCCCCCCCCC(c1ccccc1)(c1ccccc1)c1ccccc1. The molecular weight excluding hydrogens is 499 g/mol. The van der Waals surface area contributed by atoms with Gasteiger partial charge in [-0.25, -0.2) is 0 Å². The van der Waals surface area contributed by atoms with Crippen molar-refractivity contribution >= 4 is 19.2 Å². The maximum Gasteiger partial charge on any atom is 0.0451 e. The van der Waals surface area contributed by atoms with Crippen LogP contribution in [-0.2, 0) is 5.41 Å². The second-order valence-corrected chi connectivity index (χ2v) is 12.5. The van der Waals surface area contributed by atoms with Crippen LogP contribution in [0.4, 0.5) is 0 Å². The van der Waals surface area contributed by atoms with Crippen molar-refractivity contribution in [3.63, 3.8) is 0 Å². The highest BCUT2D eigenvalue weighted by Gasteiger charge is 2.35. The van der Waals surface area contributed by atoms with Crippen molar-refractivity contribution in [2.75, 3.05) is 6.16 Å². The molecule has 0 N–H and O–H groups in total. The standard InChI is InChI=1S/C36H50ClP/c37-38-32-24-13-11-9-7-5-3-1-2-4-6-8-10-12-23-31-36(33-25-17-14-18-26-33,34-27-19-15-20-28-34)35-29-21-16-22-30-35/h14-22,25-30,38H,1-13,23-24,31-32H2. The number of halogens is 1. The second kappa shape index (κ2) is 19.4. The third-order valence-corrected chi connectivity index (χ3v) is 9.23. The monoisotopic (exact) mass is 548 g/mol. The van der Waals surface area contributed by atoms with Crippen LogP contribution in [0.15, 0.2) is 91.0 Å². The largest absolute Gasteiger partial charge is 0.100 e. The Hall–Kier alpha value is -1.62. The van der Waals surface area contributed by atoms with Gasteiger partial charge in [-0.15, -0.1) is 11.2 Å². The van der Waals surface area contributed by atoms with Gasteiger partial charge < -0.3 is 0 Å². The van der Waals surface area contributed by atoms with E-state index in [2.05, 4.69) is 91.0 Å². The third kappa shape index (κ3) is 10.5. The lowest BCUT2D eigenvalue weighted by Crippen LogP contribution is -2.29. The van der Waals surface area contributed by atoms with Crippen LogP contribution in [-0.4, -0.2) is 6.16 Å². The van der Waals surface area contributed by atoms with Crippen LogP contribution < -0.4 is 0 Å². The molecule has 0 aromatic heterocycles. The molecule has 3 aromatic carbocycles. The van der Waals surface area contributed by atoms with Gasteiger partial charge in [0.25, 0.3) is 0 Å². The Balaban J connectivity index is 1.38. The molecule has 2 heteroatoms. The molecule has 38 heavy (non-hydrogen) atoms. The maximum atomic E-state index is 5.77.